The highest BCUT2D eigenvalue weighted by atomic mass is 16.7. The maximum atomic E-state index is 12.6. The van der Waals surface area contributed by atoms with Gasteiger partial charge in [-0.1, -0.05) is 42.4 Å². The third-order valence-electron chi connectivity index (χ3n) is 3.70. The van der Waals surface area contributed by atoms with Gasteiger partial charge in [0.1, 0.15) is 0 Å². The second kappa shape index (κ2) is 7.26. The van der Waals surface area contributed by atoms with Crippen LogP contribution >= 0.6 is 0 Å². The summed E-state index contributed by atoms with van der Waals surface area (Å²) in [6, 6.07) is 9.19. The van der Waals surface area contributed by atoms with Gasteiger partial charge in [0, 0.05) is 0 Å². The van der Waals surface area contributed by atoms with Crippen molar-refractivity contribution in [2.75, 3.05) is 13.2 Å². The fourth-order valence-electron chi connectivity index (χ4n) is 2.68. The molecule has 0 saturated heterocycles. The molecular weight excluding hydrogens is 298 g/mol. The Morgan fingerprint density at radius 3 is 2.13 bits per heavy atom. The molecule has 6 nitrogen and oxygen atoms in total. The standard InChI is InChI=1S/C17H21NO5/c1-4-13-14(12-10-8-7-9-11-12)17(23-18-13,15(19)21-5-2)16(20)22-6-3/h7-11,14H,4-6H2,1-3H3/t14-/m0/s1. The van der Waals surface area contributed by atoms with Gasteiger partial charge >= 0.3 is 17.5 Å². The molecule has 6 heteroatoms. The molecule has 0 aromatic heterocycles. The summed E-state index contributed by atoms with van der Waals surface area (Å²) in [6.07, 6.45) is 0.542. The fraction of sp³-hybridized carbons (Fsp3) is 0.471. The molecule has 1 aliphatic rings. The van der Waals surface area contributed by atoms with Crippen LogP contribution in [-0.2, 0) is 23.9 Å². The Hall–Kier alpha value is -2.37. The van der Waals surface area contributed by atoms with E-state index in [-0.39, 0.29) is 13.2 Å². The van der Waals surface area contributed by atoms with Crippen molar-refractivity contribution in [3.05, 3.63) is 35.9 Å². The van der Waals surface area contributed by atoms with Crippen molar-refractivity contribution in [2.45, 2.75) is 38.7 Å². The summed E-state index contributed by atoms with van der Waals surface area (Å²) in [7, 11) is 0. The predicted octanol–water partition coefficient (Wildman–Crippen LogP) is 2.43. The molecule has 0 radical (unpaired) electrons. The normalized spacial score (nSPS) is 18.7. The Labute approximate surface area is 135 Å². The lowest BCUT2D eigenvalue weighted by atomic mass is 9.78. The average Bonchev–Trinajstić information content (AvgIpc) is 2.96. The molecule has 1 aromatic carbocycles. The Morgan fingerprint density at radius 1 is 1.09 bits per heavy atom. The number of hydrogen-bond donors (Lipinski definition) is 0. The summed E-state index contributed by atoms with van der Waals surface area (Å²) in [4.78, 5) is 30.6. The second-order valence-electron chi connectivity index (χ2n) is 5.05. The van der Waals surface area contributed by atoms with Gasteiger partial charge in [-0.15, -0.1) is 0 Å². The van der Waals surface area contributed by atoms with Gasteiger partial charge in [0.2, 0.25) is 0 Å². The summed E-state index contributed by atoms with van der Waals surface area (Å²) < 4.78 is 10.2. The van der Waals surface area contributed by atoms with Crippen molar-refractivity contribution >= 4 is 17.7 Å². The summed E-state index contributed by atoms with van der Waals surface area (Å²) in [5, 5.41) is 3.99. The van der Waals surface area contributed by atoms with E-state index in [4.69, 9.17) is 14.3 Å². The molecule has 1 aliphatic heterocycles. The lowest BCUT2D eigenvalue weighted by Crippen LogP contribution is -2.54. The van der Waals surface area contributed by atoms with Crippen molar-refractivity contribution in [3.8, 4) is 0 Å². The second-order valence-corrected chi connectivity index (χ2v) is 5.05. The fourth-order valence-corrected chi connectivity index (χ4v) is 2.68. The summed E-state index contributed by atoms with van der Waals surface area (Å²) >= 11 is 0. The molecule has 0 unspecified atom stereocenters. The molecule has 2 rings (SSSR count). The zero-order valence-electron chi connectivity index (χ0n) is 13.6. The van der Waals surface area contributed by atoms with Gasteiger partial charge < -0.3 is 14.3 Å². The van der Waals surface area contributed by atoms with Crippen molar-refractivity contribution in [1.29, 1.82) is 0 Å². The first-order chi connectivity index (χ1) is 11.1. The van der Waals surface area contributed by atoms with Gasteiger partial charge in [0.15, 0.2) is 0 Å². The first-order valence-corrected chi connectivity index (χ1v) is 7.76. The summed E-state index contributed by atoms with van der Waals surface area (Å²) in [5.41, 5.74) is -0.553. The SMILES string of the molecule is CCOC(=O)C1(C(=O)OCC)ON=C(CC)[C@@H]1c1ccccc1. The van der Waals surface area contributed by atoms with E-state index in [9.17, 15) is 9.59 Å². The first-order valence-electron chi connectivity index (χ1n) is 7.76. The number of ether oxygens (including phenoxy) is 2. The molecule has 124 valence electrons. The smallest absolute Gasteiger partial charge is 0.366 e. The topological polar surface area (TPSA) is 74.2 Å². The molecule has 0 bridgehead atoms. The molecule has 0 amide bonds. The zero-order valence-corrected chi connectivity index (χ0v) is 13.6. The third-order valence-corrected chi connectivity index (χ3v) is 3.70. The molecule has 0 aliphatic carbocycles. The monoisotopic (exact) mass is 319 g/mol. The quantitative estimate of drug-likeness (QED) is 0.595. The maximum Gasteiger partial charge on any atom is 0.366 e. The molecular formula is C17H21NO5. The van der Waals surface area contributed by atoms with E-state index in [1.54, 1.807) is 13.8 Å². The van der Waals surface area contributed by atoms with Gasteiger partial charge in [-0.25, -0.2) is 9.59 Å². The highest BCUT2D eigenvalue weighted by Crippen LogP contribution is 2.41. The van der Waals surface area contributed by atoms with E-state index in [0.717, 1.165) is 5.56 Å². The van der Waals surface area contributed by atoms with E-state index in [0.29, 0.717) is 12.1 Å². The Bertz CT molecular complexity index is 578. The van der Waals surface area contributed by atoms with E-state index < -0.39 is 23.5 Å². The van der Waals surface area contributed by atoms with E-state index in [1.165, 1.54) is 0 Å². The van der Waals surface area contributed by atoms with E-state index in [1.807, 2.05) is 37.3 Å². The Kier molecular flexibility index (Phi) is 5.36. The van der Waals surface area contributed by atoms with Crippen LogP contribution in [0.5, 0.6) is 0 Å². The molecule has 1 heterocycles. The van der Waals surface area contributed by atoms with Gasteiger partial charge in [-0.05, 0) is 25.8 Å². The van der Waals surface area contributed by atoms with Crippen LogP contribution in [0.1, 0.15) is 38.7 Å². The van der Waals surface area contributed by atoms with Crippen LogP contribution in [0.25, 0.3) is 0 Å². The molecule has 1 aromatic rings. The molecule has 0 fully saturated rings. The van der Waals surface area contributed by atoms with Gasteiger partial charge in [-0.2, -0.15) is 0 Å². The van der Waals surface area contributed by atoms with Crippen LogP contribution < -0.4 is 0 Å². The van der Waals surface area contributed by atoms with Crippen LogP contribution in [0, 0.1) is 0 Å². The number of carbonyl (C=O) groups is 2. The number of oxime groups is 1. The predicted molar refractivity (Wildman–Crippen MR) is 84.0 cm³/mol. The zero-order chi connectivity index (χ0) is 16.9. The lowest BCUT2D eigenvalue weighted by molar-refractivity contribution is -0.189. The molecule has 1 atom stereocenters. The maximum absolute atomic E-state index is 12.6. The van der Waals surface area contributed by atoms with Crippen molar-refractivity contribution in [3.63, 3.8) is 0 Å². The number of benzene rings is 1. The van der Waals surface area contributed by atoms with Crippen molar-refractivity contribution < 1.29 is 23.9 Å². The first kappa shape index (κ1) is 17.0. The highest BCUT2D eigenvalue weighted by Gasteiger charge is 2.63. The largest absolute Gasteiger partial charge is 0.462 e. The van der Waals surface area contributed by atoms with Gasteiger partial charge in [-0.3, -0.25) is 0 Å². The molecule has 23 heavy (non-hydrogen) atoms. The molecule has 0 spiro atoms. The van der Waals surface area contributed by atoms with Gasteiger partial charge in [0.25, 0.3) is 0 Å². The minimum Gasteiger partial charge on any atom is -0.462 e. The highest BCUT2D eigenvalue weighted by molar-refractivity contribution is 6.12. The minimum absolute atomic E-state index is 0.131. The summed E-state index contributed by atoms with van der Waals surface area (Å²) in [5.74, 6) is -2.22. The minimum atomic E-state index is -1.92. The van der Waals surface area contributed by atoms with Crippen molar-refractivity contribution in [1.82, 2.24) is 0 Å². The number of carbonyl (C=O) groups excluding carboxylic acids is 2. The molecule has 0 saturated carbocycles. The van der Waals surface area contributed by atoms with Crippen LogP contribution in [0.3, 0.4) is 0 Å². The Morgan fingerprint density at radius 2 is 1.65 bits per heavy atom. The number of rotatable bonds is 6. The van der Waals surface area contributed by atoms with Crippen LogP contribution in [0.2, 0.25) is 0 Å². The summed E-state index contributed by atoms with van der Waals surface area (Å²) in [6.45, 7) is 5.50. The third kappa shape index (κ3) is 2.93. The van der Waals surface area contributed by atoms with Crippen LogP contribution in [0.15, 0.2) is 35.5 Å². The van der Waals surface area contributed by atoms with E-state index >= 15 is 0 Å². The van der Waals surface area contributed by atoms with E-state index in [2.05, 4.69) is 5.16 Å². The number of esters is 2. The van der Waals surface area contributed by atoms with Crippen LogP contribution in [-0.4, -0.2) is 36.5 Å². The Balaban J connectivity index is 2.55. The van der Waals surface area contributed by atoms with Crippen molar-refractivity contribution in [2.24, 2.45) is 5.16 Å². The van der Waals surface area contributed by atoms with Gasteiger partial charge in [0.05, 0.1) is 24.8 Å². The number of nitrogens with zero attached hydrogens (tertiary/aromatic N) is 1. The van der Waals surface area contributed by atoms with Crippen LogP contribution in [0.4, 0.5) is 0 Å². The lowest BCUT2D eigenvalue weighted by Gasteiger charge is -2.28. The number of hydrogen-bond acceptors (Lipinski definition) is 6. The molecule has 0 N–H and O–H groups in total. The average molecular weight is 319 g/mol.